The predicted octanol–water partition coefficient (Wildman–Crippen LogP) is 7.59. The van der Waals surface area contributed by atoms with E-state index in [0.717, 1.165) is 31.0 Å². The molecule has 0 spiro atoms. The maximum atomic E-state index is 14.6. The van der Waals surface area contributed by atoms with Gasteiger partial charge in [0.15, 0.2) is 5.17 Å². The Morgan fingerprint density at radius 2 is 1.84 bits per heavy atom. The number of nitrogens with one attached hydrogen (secondary N) is 1. The molecule has 37 heavy (non-hydrogen) atoms. The maximum absolute atomic E-state index is 14.6. The van der Waals surface area contributed by atoms with Crippen molar-refractivity contribution in [3.63, 3.8) is 0 Å². The lowest BCUT2D eigenvalue weighted by Gasteiger charge is -2.18. The van der Waals surface area contributed by atoms with Crippen LogP contribution in [0.2, 0.25) is 10.0 Å². The Morgan fingerprint density at radius 1 is 1.08 bits per heavy atom. The van der Waals surface area contributed by atoms with Crippen LogP contribution in [0.1, 0.15) is 30.9 Å². The van der Waals surface area contributed by atoms with Crippen molar-refractivity contribution in [2.45, 2.75) is 26.2 Å². The highest BCUT2D eigenvalue weighted by molar-refractivity contribution is 8.14. The number of carbonyl (C=O) groups excluding carboxylic acids is 2. The molecule has 0 unspecified atom stereocenters. The average Bonchev–Trinajstić information content (AvgIpc) is 3.19. The van der Waals surface area contributed by atoms with Gasteiger partial charge < -0.3 is 5.32 Å². The zero-order valence-electron chi connectivity index (χ0n) is 20.0. The van der Waals surface area contributed by atoms with Gasteiger partial charge in [-0.3, -0.25) is 14.5 Å². The molecule has 1 aliphatic rings. The maximum Gasteiger partial charge on any atom is 0.283 e. The number of para-hydroxylation sites is 1. The fourth-order valence-electron chi connectivity index (χ4n) is 3.66. The number of rotatable bonds is 8. The Hall–Kier alpha value is -3.13. The molecule has 3 aromatic rings. The van der Waals surface area contributed by atoms with Crippen LogP contribution >= 0.6 is 35.0 Å². The number of hydrogen-bond donors (Lipinski definition) is 1. The van der Waals surface area contributed by atoms with Crippen molar-refractivity contribution in [3.8, 4) is 0 Å². The average molecular weight is 556 g/mol. The molecule has 5 nitrogen and oxygen atoms in total. The smallest absolute Gasteiger partial charge is 0.283 e. The predicted molar refractivity (Wildman–Crippen MR) is 152 cm³/mol. The largest absolute Gasteiger partial charge is 0.325 e. The van der Waals surface area contributed by atoms with Crippen molar-refractivity contribution < 1.29 is 14.0 Å². The number of thioether (sulfide) groups is 1. The lowest BCUT2D eigenvalue weighted by molar-refractivity contribution is -0.114. The van der Waals surface area contributed by atoms with Gasteiger partial charge in [0, 0.05) is 5.69 Å². The molecule has 0 bridgehead atoms. The molecule has 0 aliphatic carbocycles. The standard InChI is InChI=1S/C28H24Cl2FN3O2S/c1-2-3-6-18-9-12-20(13-10-18)32-26(35)17-37-28-33-24(16-19-11-14-21(29)22(30)15-19)27(36)34(28)25-8-5-4-7-23(25)31/h4-5,7-16H,2-3,6,17H2,1H3,(H,32,35)/b24-16-. The second-order valence-corrected chi connectivity index (χ2v) is 10.1. The van der Waals surface area contributed by atoms with Gasteiger partial charge in [-0.05, 0) is 66.4 Å². The van der Waals surface area contributed by atoms with Gasteiger partial charge in [-0.1, -0.05) is 78.6 Å². The van der Waals surface area contributed by atoms with E-state index in [-0.39, 0.29) is 28.2 Å². The lowest BCUT2D eigenvalue weighted by Crippen LogP contribution is -2.32. The van der Waals surface area contributed by atoms with Crippen LogP contribution in [0.3, 0.4) is 0 Å². The van der Waals surface area contributed by atoms with Crippen LogP contribution in [0, 0.1) is 5.82 Å². The third-order valence-corrected chi connectivity index (χ3v) is 7.24. The molecule has 0 radical (unpaired) electrons. The SMILES string of the molecule is CCCCc1ccc(NC(=O)CSC2=N/C(=C\c3ccc(Cl)c(Cl)c3)C(=O)N2c2ccccc2F)cc1. The van der Waals surface area contributed by atoms with Gasteiger partial charge in [0.05, 0.1) is 21.5 Å². The number of benzene rings is 3. The van der Waals surface area contributed by atoms with E-state index in [2.05, 4.69) is 17.2 Å². The summed E-state index contributed by atoms with van der Waals surface area (Å²) in [5.41, 5.74) is 2.66. The molecule has 1 N–H and O–H groups in total. The number of nitrogens with zero attached hydrogens (tertiary/aromatic N) is 2. The first-order valence-corrected chi connectivity index (χ1v) is 13.5. The molecule has 0 saturated carbocycles. The summed E-state index contributed by atoms with van der Waals surface area (Å²) >= 11 is 13.1. The molecule has 4 rings (SSSR count). The third-order valence-electron chi connectivity index (χ3n) is 5.56. The summed E-state index contributed by atoms with van der Waals surface area (Å²) in [6, 6.07) is 18.6. The summed E-state index contributed by atoms with van der Waals surface area (Å²) in [5.74, 6) is -1.37. The highest BCUT2D eigenvalue weighted by atomic mass is 35.5. The Bertz CT molecular complexity index is 1380. The van der Waals surface area contributed by atoms with E-state index in [4.69, 9.17) is 23.2 Å². The molecule has 0 aromatic heterocycles. The summed E-state index contributed by atoms with van der Waals surface area (Å²) in [6.45, 7) is 2.15. The number of unbranched alkanes of at least 4 members (excludes halogenated alkanes) is 1. The van der Waals surface area contributed by atoms with Gasteiger partial charge in [0.2, 0.25) is 5.91 Å². The highest BCUT2D eigenvalue weighted by Gasteiger charge is 2.34. The minimum atomic E-state index is -0.576. The summed E-state index contributed by atoms with van der Waals surface area (Å²) in [4.78, 5) is 31.5. The molecule has 190 valence electrons. The highest BCUT2D eigenvalue weighted by Crippen LogP contribution is 2.32. The minimum Gasteiger partial charge on any atom is -0.325 e. The van der Waals surface area contributed by atoms with E-state index in [1.54, 1.807) is 30.3 Å². The Labute approximate surface area is 229 Å². The Morgan fingerprint density at radius 3 is 2.54 bits per heavy atom. The number of anilines is 2. The molecular weight excluding hydrogens is 532 g/mol. The number of halogens is 3. The number of aliphatic imine (C=N–C) groups is 1. The van der Waals surface area contributed by atoms with Gasteiger partial charge in [-0.25, -0.2) is 9.38 Å². The number of hydrogen-bond acceptors (Lipinski definition) is 4. The number of aryl methyl sites for hydroxylation is 1. The van der Waals surface area contributed by atoms with E-state index in [0.29, 0.717) is 21.3 Å². The molecule has 0 saturated heterocycles. The molecule has 0 atom stereocenters. The van der Waals surface area contributed by atoms with Gasteiger partial charge >= 0.3 is 0 Å². The first-order valence-electron chi connectivity index (χ1n) is 11.7. The van der Waals surface area contributed by atoms with Crippen molar-refractivity contribution in [1.82, 2.24) is 0 Å². The normalized spacial score (nSPS) is 14.3. The summed E-state index contributed by atoms with van der Waals surface area (Å²) < 4.78 is 14.6. The van der Waals surface area contributed by atoms with E-state index in [9.17, 15) is 14.0 Å². The molecule has 2 amide bonds. The monoisotopic (exact) mass is 555 g/mol. The molecule has 0 fully saturated rings. The fraction of sp³-hybridized carbons (Fsp3) is 0.179. The number of carbonyl (C=O) groups is 2. The van der Waals surface area contributed by atoms with Crippen LogP contribution in [0.4, 0.5) is 15.8 Å². The van der Waals surface area contributed by atoms with Gasteiger partial charge in [-0.15, -0.1) is 0 Å². The Balaban J connectivity index is 1.52. The first-order chi connectivity index (χ1) is 17.9. The lowest BCUT2D eigenvalue weighted by atomic mass is 10.1. The van der Waals surface area contributed by atoms with Crippen LogP contribution < -0.4 is 10.2 Å². The van der Waals surface area contributed by atoms with Crippen molar-refractivity contribution in [3.05, 3.63) is 99.4 Å². The van der Waals surface area contributed by atoms with Crippen LogP contribution in [0.15, 0.2) is 77.4 Å². The van der Waals surface area contributed by atoms with E-state index in [1.165, 1.54) is 28.7 Å². The van der Waals surface area contributed by atoms with Gasteiger partial charge in [0.25, 0.3) is 5.91 Å². The van der Waals surface area contributed by atoms with Crippen LogP contribution in [-0.2, 0) is 16.0 Å². The second kappa shape index (κ2) is 12.4. The topological polar surface area (TPSA) is 61.8 Å². The molecule has 1 aliphatic heterocycles. The zero-order valence-corrected chi connectivity index (χ0v) is 22.3. The minimum absolute atomic E-state index is 0.0191. The van der Waals surface area contributed by atoms with E-state index < -0.39 is 11.7 Å². The van der Waals surface area contributed by atoms with E-state index >= 15 is 0 Å². The first kappa shape index (κ1) is 26.9. The number of amides is 2. The van der Waals surface area contributed by atoms with Crippen molar-refractivity contribution in [2.24, 2.45) is 4.99 Å². The molecular formula is C28H24Cl2FN3O2S. The number of amidine groups is 1. The van der Waals surface area contributed by atoms with Crippen molar-refractivity contribution in [2.75, 3.05) is 16.0 Å². The van der Waals surface area contributed by atoms with Crippen molar-refractivity contribution in [1.29, 1.82) is 0 Å². The van der Waals surface area contributed by atoms with Crippen LogP contribution in [-0.4, -0.2) is 22.7 Å². The van der Waals surface area contributed by atoms with Crippen LogP contribution in [0.25, 0.3) is 6.08 Å². The van der Waals surface area contributed by atoms with Crippen molar-refractivity contribution >= 4 is 69.4 Å². The second-order valence-electron chi connectivity index (χ2n) is 8.33. The van der Waals surface area contributed by atoms with E-state index in [1.807, 2.05) is 24.3 Å². The summed E-state index contributed by atoms with van der Waals surface area (Å²) in [6.07, 6.45) is 4.78. The summed E-state index contributed by atoms with van der Waals surface area (Å²) in [5, 5.41) is 3.77. The van der Waals surface area contributed by atoms with Gasteiger partial charge in [0.1, 0.15) is 11.5 Å². The van der Waals surface area contributed by atoms with Crippen LogP contribution in [0.5, 0.6) is 0 Å². The summed E-state index contributed by atoms with van der Waals surface area (Å²) in [7, 11) is 0. The quantitative estimate of drug-likeness (QED) is 0.291. The van der Waals surface area contributed by atoms with Gasteiger partial charge in [-0.2, -0.15) is 0 Å². The molecule has 3 aromatic carbocycles. The zero-order chi connectivity index (χ0) is 26.4. The fourth-order valence-corrected chi connectivity index (χ4v) is 4.77. The Kier molecular flexibility index (Phi) is 9.03. The molecule has 9 heteroatoms. The molecule has 1 heterocycles. The third kappa shape index (κ3) is 6.80.